The van der Waals surface area contributed by atoms with Gasteiger partial charge in [0.25, 0.3) is 10.0 Å². The molecule has 0 aliphatic heterocycles. The predicted molar refractivity (Wildman–Crippen MR) is 55.7 cm³/mol. The van der Waals surface area contributed by atoms with Crippen LogP contribution in [0.1, 0.15) is 10.4 Å². The molecule has 0 bridgehead atoms. The predicted octanol–water partition coefficient (Wildman–Crippen LogP) is 1.02. The highest BCUT2D eigenvalue weighted by atomic mass is 35.5. The van der Waals surface area contributed by atoms with Gasteiger partial charge in [-0.25, -0.2) is 17.6 Å². The zero-order valence-corrected chi connectivity index (χ0v) is 9.97. The Balaban J connectivity index is 3.44. The molecule has 0 radical (unpaired) electrons. The van der Waals surface area contributed by atoms with E-state index in [0.29, 0.717) is 6.07 Å². The van der Waals surface area contributed by atoms with Gasteiger partial charge >= 0.3 is 5.97 Å². The number of nitrogens with one attached hydrogen (secondary N) is 1. The van der Waals surface area contributed by atoms with Crippen LogP contribution in [0.25, 0.3) is 0 Å². The topological polar surface area (TPSA) is 92.7 Å². The van der Waals surface area contributed by atoms with Crippen molar-refractivity contribution in [3.05, 3.63) is 28.5 Å². The molecule has 0 aliphatic carbocycles. The Morgan fingerprint density at radius 2 is 2.12 bits per heavy atom. The van der Waals surface area contributed by atoms with E-state index >= 15 is 0 Å². The average molecular weight is 284 g/mol. The van der Waals surface area contributed by atoms with Gasteiger partial charge in [-0.3, -0.25) is 4.84 Å². The number of hydrogen-bond donors (Lipinski definition) is 2. The number of benzene rings is 1. The zero-order valence-electron chi connectivity index (χ0n) is 8.40. The van der Waals surface area contributed by atoms with Crippen LogP contribution in [0, 0.1) is 5.82 Å². The summed E-state index contributed by atoms with van der Waals surface area (Å²) in [5.74, 6) is -2.69. The smallest absolute Gasteiger partial charge is 0.337 e. The van der Waals surface area contributed by atoms with Gasteiger partial charge < -0.3 is 5.11 Å². The van der Waals surface area contributed by atoms with Crippen molar-refractivity contribution in [3.8, 4) is 0 Å². The fourth-order valence-corrected chi connectivity index (χ4v) is 2.07. The van der Waals surface area contributed by atoms with Crippen LogP contribution in [-0.2, 0) is 14.9 Å². The van der Waals surface area contributed by atoms with Crippen molar-refractivity contribution in [2.24, 2.45) is 0 Å². The first-order valence-electron chi connectivity index (χ1n) is 4.06. The van der Waals surface area contributed by atoms with E-state index in [1.54, 1.807) is 4.89 Å². The number of halogens is 2. The second-order valence-corrected chi connectivity index (χ2v) is 4.89. The molecular weight excluding hydrogens is 277 g/mol. The maximum absolute atomic E-state index is 13.2. The third kappa shape index (κ3) is 2.91. The highest BCUT2D eigenvalue weighted by molar-refractivity contribution is 7.89. The van der Waals surface area contributed by atoms with E-state index in [2.05, 4.69) is 4.84 Å². The molecule has 2 N–H and O–H groups in total. The summed E-state index contributed by atoms with van der Waals surface area (Å²) in [7, 11) is -3.10. The third-order valence-corrected chi connectivity index (χ3v) is 3.36. The van der Waals surface area contributed by atoms with Crippen LogP contribution in [0.5, 0.6) is 0 Å². The van der Waals surface area contributed by atoms with Gasteiger partial charge in [-0.15, -0.1) is 0 Å². The van der Waals surface area contributed by atoms with Crippen LogP contribution in [0.4, 0.5) is 4.39 Å². The third-order valence-electron chi connectivity index (χ3n) is 1.74. The lowest BCUT2D eigenvalue weighted by Crippen LogP contribution is -2.23. The molecule has 6 nitrogen and oxygen atoms in total. The highest BCUT2D eigenvalue weighted by Gasteiger charge is 2.21. The average Bonchev–Trinajstić information content (AvgIpc) is 2.21. The van der Waals surface area contributed by atoms with E-state index in [9.17, 15) is 17.6 Å². The van der Waals surface area contributed by atoms with Crippen LogP contribution < -0.4 is 4.89 Å². The molecule has 0 aliphatic rings. The van der Waals surface area contributed by atoms with Gasteiger partial charge in [0.2, 0.25) is 0 Å². The van der Waals surface area contributed by atoms with Gasteiger partial charge in [-0.2, -0.15) is 0 Å². The summed E-state index contributed by atoms with van der Waals surface area (Å²) >= 11 is 5.39. The number of hydrogen-bond acceptors (Lipinski definition) is 4. The van der Waals surface area contributed by atoms with E-state index in [4.69, 9.17) is 16.7 Å². The summed E-state index contributed by atoms with van der Waals surface area (Å²) in [6.45, 7) is 0. The van der Waals surface area contributed by atoms with E-state index in [1.165, 1.54) is 0 Å². The highest BCUT2D eigenvalue weighted by Crippen LogP contribution is 2.24. The molecule has 0 aromatic heterocycles. The van der Waals surface area contributed by atoms with Gasteiger partial charge in [0.05, 0.1) is 22.6 Å². The molecule has 0 unspecified atom stereocenters. The minimum absolute atomic E-state index is 0.593. The molecule has 0 saturated carbocycles. The Labute approximate surface area is 101 Å². The van der Waals surface area contributed by atoms with Gasteiger partial charge in [0.1, 0.15) is 5.82 Å². The molecule has 0 heterocycles. The molecule has 1 aromatic rings. The van der Waals surface area contributed by atoms with Gasteiger partial charge in [0.15, 0.2) is 0 Å². The molecule has 0 atom stereocenters. The first-order chi connectivity index (χ1) is 7.79. The minimum Gasteiger partial charge on any atom is -0.478 e. The number of carboxylic acids is 1. The van der Waals surface area contributed by atoms with Crippen LogP contribution in [0.15, 0.2) is 17.0 Å². The molecular formula is C8H7ClFNO5S. The summed E-state index contributed by atoms with van der Waals surface area (Å²) in [6, 6.07) is 1.32. The molecule has 0 amide bonds. The first kappa shape index (κ1) is 13.8. The van der Waals surface area contributed by atoms with Gasteiger partial charge in [0, 0.05) is 0 Å². The second-order valence-electron chi connectivity index (χ2n) is 2.86. The quantitative estimate of drug-likeness (QED) is 0.805. The van der Waals surface area contributed by atoms with E-state index < -0.39 is 37.3 Å². The van der Waals surface area contributed by atoms with Crippen LogP contribution >= 0.6 is 11.6 Å². The van der Waals surface area contributed by atoms with Crippen molar-refractivity contribution in [2.75, 3.05) is 7.11 Å². The maximum atomic E-state index is 13.2. The monoisotopic (exact) mass is 283 g/mol. The van der Waals surface area contributed by atoms with Crippen LogP contribution in [-0.4, -0.2) is 26.6 Å². The summed E-state index contributed by atoms with van der Waals surface area (Å²) < 4.78 is 36.1. The SMILES string of the molecule is CONS(=O)(=O)c1cc(F)c(Cl)c(C(=O)O)c1. The Morgan fingerprint density at radius 1 is 1.53 bits per heavy atom. The van der Waals surface area contributed by atoms with Crippen molar-refractivity contribution in [1.82, 2.24) is 4.89 Å². The van der Waals surface area contributed by atoms with Crippen LogP contribution in [0.2, 0.25) is 5.02 Å². The van der Waals surface area contributed by atoms with Crippen molar-refractivity contribution in [2.45, 2.75) is 4.90 Å². The lowest BCUT2D eigenvalue weighted by atomic mass is 10.2. The zero-order chi connectivity index (χ0) is 13.2. The second kappa shape index (κ2) is 4.96. The van der Waals surface area contributed by atoms with E-state index in [-0.39, 0.29) is 0 Å². The number of aromatic carboxylic acids is 1. The summed E-state index contributed by atoms with van der Waals surface area (Å²) in [4.78, 5) is 15.9. The summed E-state index contributed by atoms with van der Waals surface area (Å²) in [5.41, 5.74) is -0.650. The summed E-state index contributed by atoms with van der Waals surface area (Å²) in [5, 5.41) is 8.05. The van der Waals surface area contributed by atoms with E-state index in [0.717, 1.165) is 13.2 Å². The number of rotatable bonds is 4. The molecule has 0 fully saturated rings. The van der Waals surface area contributed by atoms with Gasteiger partial charge in [-0.1, -0.05) is 16.5 Å². The largest absolute Gasteiger partial charge is 0.478 e. The number of carbonyl (C=O) groups is 1. The molecule has 0 saturated heterocycles. The Bertz CT molecular complexity index is 559. The molecule has 0 spiro atoms. The fourth-order valence-electron chi connectivity index (χ4n) is 1.03. The molecule has 94 valence electrons. The lowest BCUT2D eigenvalue weighted by Gasteiger charge is -2.07. The van der Waals surface area contributed by atoms with E-state index in [1.807, 2.05) is 0 Å². The molecule has 9 heteroatoms. The van der Waals surface area contributed by atoms with Gasteiger partial charge in [-0.05, 0) is 12.1 Å². The van der Waals surface area contributed by atoms with Crippen molar-refractivity contribution < 1.29 is 27.5 Å². The molecule has 1 rings (SSSR count). The fraction of sp³-hybridized carbons (Fsp3) is 0.125. The van der Waals surface area contributed by atoms with Crippen molar-refractivity contribution in [1.29, 1.82) is 0 Å². The lowest BCUT2D eigenvalue weighted by molar-refractivity contribution is 0.0696. The normalized spacial score (nSPS) is 11.5. The first-order valence-corrected chi connectivity index (χ1v) is 5.93. The van der Waals surface area contributed by atoms with Crippen LogP contribution in [0.3, 0.4) is 0 Å². The number of sulfonamides is 1. The summed E-state index contributed by atoms with van der Waals surface area (Å²) in [6.07, 6.45) is 0. The Hall–Kier alpha value is -1.22. The Kier molecular flexibility index (Phi) is 4.04. The van der Waals surface area contributed by atoms with Crippen molar-refractivity contribution in [3.63, 3.8) is 0 Å². The maximum Gasteiger partial charge on any atom is 0.337 e. The molecule has 1 aromatic carbocycles. The molecule has 17 heavy (non-hydrogen) atoms. The minimum atomic E-state index is -4.14. The Morgan fingerprint density at radius 3 is 2.59 bits per heavy atom. The number of carboxylic acid groups (broad SMARTS) is 1. The van der Waals surface area contributed by atoms with Crippen molar-refractivity contribution >= 4 is 27.6 Å². The standard InChI is InChI=1S/C8H7ClFNO5S/c1-16-11-17(14,15)4-2-5(8(12)13)7(9)6(10)3-4/h2-3,11H,1H3,(H,12,13).